The smallest absolute Gasteiger partial charge is 0.244 e. The van der Waals surface area contributed by atoms with Crippen molar-refractivity contribution in [2.24, 2.45) is 0 Å². The number of hydrogen-bond donors (Lipinski definition) is 2. The monoisotopic (exact) mass is 336 g/mol. The maximum absolute atomic E-state index is 12.2. The Hall–Kier alpha value is -1.40. The standard InChI is InChI=1S/C14H17BrN4O/c1-8-6-9(15)7-10-12(8)17-14(16-10)18-13(20)11-4-3-5-19(11)2/h6-7,11H,3-5H2,1-2H3,(H2,16,17,18,20)/t11-/m0/s1. The number of fused-ring (bicyclic) bond motifs is 1. The van der Waals surface area contributed by atoms with Gasteiger partial charge in [0.05, 0.1) is 17.1 Å². The third kappa shape index (κ3) is 2.45. The summed E-state index contributed by atoms with van der Waals surface area (Å²) in [6, 6.07) is 3.93. The van der Waals surface area contributed by atoms with E-state index in [0.29, 0.717) is 5.95 Å². The summed E-state index contributed by atoms with van der Waals surface area (Å²) in [6.45, 7) is 2.98. The number of carbonyl (C=O) groups excluding carboxylic acids is 1. The van der Waals surface area contributed by atoms with Crippen molar-refractivity contribution in [3.63, 3.8) is 0 Å². The molecule has 1 aromatic heterocycles. The highest BCUT2D eigenvalue weighted by Gasteiger charge is 2.28. The minimum atomic E-state index is -0.0453. The van der Waals surface area contributed by atoms with Gasteiger partial charge in [-0.3, -0.25) is 15.0 Å². The third-order valence-electron chi connectivity index (χ3n) is 3.81. The van der Waals surface area contributed by atoms with Crippen molar-refractivity contribution < 1.29 is 4.79 Å². The molecule has 1 atom stereocenters. The lowest BCUT2D eigenvalue weighted by atomic mass is 10.2. The second-order valence-electron chi connectivity index (χ2n) is 5.33. The highest BCUT2D eigenvalue weighted by Crippen LogP contribution is 2.24. The Labute approximate surface area is 125 Å². The number of rotatable bonds is 2. The Kier molecular flexibility index (Phi) is 3.52. The van der Waals surface area contributed by atoms with Gasteiger partial charge < -0.3 is 4.98 Å². The summed E-state index contributed by atoms with van der Waals surface area (Å²) >= 11 is 3.46. The number of aryl methyl sites for hydroxylation is 1. The van der Waals surface area contributed by atoms with Crippen molar-refractivity contribution in [1.29, 1.82) is 0 Å². The molecule has 0 saturated carbocycles. The van der Waals surface area contributed by atoms with Crippen LogP contribution >= 0.6 is 15.9 Å². The molecule has 20 heavy (non-hydrogen) atoms. The number of benzene rings is 1. The Morgan fingerprint density at radius 1 is 1.55 bits per heavy atom. The molecule has 0 unspecified atom stereocenters. The minimum Gasteiger partial charge on any atom is -0.324 e. The van der Waals surface area contributed by atoms with Crippen molar-refractivity contribution in [3.8, 4) is 0 Å². The lowest BCUT2D eigenvalue weighted by Crippen LogP contribution is -2.37. The number of H-pyrrole nitrogens is 1. The number of nitrogens with zero attached hydrogens (tertiary/aromatic N) is 2. The second-order valence-corrected chi connectivity index (χ2v) is 6.25. The summed E-state index contributed by atoms with van der Waals surface area (Å²) in [4.78, 5) is 21.9. The largest absolute Gasteiger partial charge is 0.324 e. The molecule has 1 fully saturated rings. The van der Waals surface area contributed by atoms with Crippen LogP contribution in [0.1, 0.15) is 18.4 Å². The maximum atomic E-state index is 12.2. The third-order valence-corrected chi connectivity index (χ3v) is 4.26. The van der Waals surface area contributed by atoms with Crippen molar-refractivity contribution in [3.05, 3.63) is 22.2 Å². The Morgan fingerprint density at radius 2 is 2.35 bits per heavy atom. The first-order chi connectivity index (χ1) is 9.54. The topological polar surface area (TPSA) is 61.0 Å². The molecule has 1 aliphatic rings. The predicted octanol–water partition coefficient (Wildman–Crippen LogP) is 2.67. The van der Waals surface area contributed by atoms with Gasteiger partial charge in [-0.25, -0.2) is 4.98 Å². The van der Waals surface area contributed by atoms with Crippen LogP contribution in [0.25, 0.3) is 11.0 Å². The average molecular weight is 337 g/mol. The molecule has 2 heterocycles. The zero-order chi connectivity index (χ0) is 14.3. The Balaban J connectivity index is 1.84. The molecular weight excluding hydrogens is 320 g/mol. The number of likely N-dealkylation sites (N-methyl/N-ethyl adjacent to an activating group) is 1. The molecule has 1 saturated heterocycles. The highest BCUT2D eigenvalue weighted by atomic mass is 79.9. The number of nitrogens with one attached hydrogen (secondary N) is 2. The first-order valence-corrected chi connectivity index (χ1v) is 7.51. The second kappa shape index (κ2) is 5.18. The molecule has 2 aromatic rings. The van der Waals surface area contributed by atoms with E-state index in [2.05, 4.69) is 36.1 Å². The van der Waals surface area contributed by atoms with E-state index in [4.69, 9.17) is 0 Å². The number of halogens is 1. The lowest BCUT2D eigenvalue weighted by molar-refractivity contribution is -0.120. The van der Waals surface area contributed by atoms with Gasteiger partial charge in [-0.2, -0.15) is 0 Å². The SMILES string of the molecule is Cc1cc(Br)cc2[nH]c(NC(=O)[C@@H]3CCCN3C)nc12. The van der Waals surface area contributed by atoms with Crippen LogP contribution in [0.4, 0.5) is 5.95 Å². The molecule has 1 aromatic carbocycles. The fraction of sp³-hybridized carbons (Fsp3) is 0.429. The molecule has 5 nitrogen and oxygen atoms in total. The number of hydrogen-bond acceptors (Lipinski definition) is 3. The quantitative estimate of drug-likeness (QED) is 0.886. The zero-order valence-electron chi connectivity index (χ0n) is 11.5. The van der Waals surface area contributed by atoms with E-state index in [-0.39, 0.29) is 11.9 Å². The van der Waals surface area contributed by atoms with Gasteiger partial charge >= 0.3 is 0 Å². The van der Waals surface area contributed by atoms with E-state index in [1.165, 1.54) is 0 Å². The zero-order valence-corrected chi connectivity index (χ0v) is 13.1. The van der Waals surface area contributed by atoms with E-state index in [9.17, 15) is 4.79 Å². The van der Waals surface area contributed by atoms with E-state index in [0.717, 1.165) is 40.5 Å². The number of aromatic nitrogens is 2. The number of anilines is 1. The fourth-order valence-electron chi connectivity index (χ4n) is 2.75. The summed E-state index contributed by atoms with van der Waals surface area (Å²) in [6.07, 6.45) is 1.98. The first kappa shape index (κ1) is 13.6. The predicted molar refractivity (Wildman–Crippen MR) is 82.8 cm³/mol. The summed E-state index contributed by atoms with van der Waals surface area (Å²) in [5, 5.41) is 2.89. The van der Waals surface area contributed by atoms with Gasteiger partial charge in [-0.15, -0.1) is 0 Å². The maximum Gasteiger partial charge on any atom is 0.244 e. The van der Waals surface area contributed by atoms with Gasteiger partial charge in [-0.1, -0.05) is 15.9 Å². The molecule has 0 spiro atoms. The molecule has 1 aliphatic heterocycles. The van der Waals surface area contributed by atoms with E-state index in [1.54, 1.807) is 0 Å². The number of aromatic amines is 1. The van der Waals surface area contributed by atoms with Crippen LogP contribution in [0.15, 0.2) is 16.6 Å². The first-order valence-electron chi connectivity index (χ1n) is 6.71. The van der Waals surface area contributed by atoms with Gasteiger partial charge in [0.15, 0.2) is 0 Å². The number of amides is 1. The number of imidazole rings is 1. The molecule has 2 N–H and O–H groups in total. The molecule has 1 amide bonds. The van der Waals surface area contributed by atoms with Crippen LogP contribution in [-0.4, -0.2) is 40.4 Å². The summed E-state index contributed by atoms with van der Waals surface area (Å²) in [7, 11) is 1.98. The molecule has 6 heteroatoms. The van der Waals surface area contributed by atoms with E-state index < -0.39 is 0 Å². The van der Waals surface area contributed by atoms with Gasteiger partial charge in [0.25, 0.3) is 0 Å². The lowest BCUT2D eigenvalue weighted by Gasteiger charge is -2.17. The van der Waals surface area contributed by atoms with Gasteiger partial charge in [0.2, 0.25) is 11.9 Å². The van der Waals surface area contributed by atoms with Crippen molar-refractivity contribution in [1.82, 2.24) is 14.9 Å². The van der Waals surface area contributed by atoms with Crippen LogP contribution in [-0.2, 0) is 4.79 Å². The molecule has 3 rings (SSSR count). The minimum absolute atomic E-state index is 0.0146. The van der Waals surface area contributed by atoms with Crippen LogP contribution in [0.5, 0.6) is 0 Å². The average Bonchev–Trinajstić information content (AvgIpc) is 2.95. The highest BCUT2D eigenvalue weighted by molar-refractivity contribution is 9.10. The Morgan fingerprint density at radius 3 is 3.05 bits per heavy atom. The molecule has 0 bridgehead atoms. The van der Waals surface area contributed by atoms with Crippen LogP contribution in [0.3, 0.4) is 0 Å². The van der Waals surface area contributed by atoms with Gasteiger partial charge in [-0.05, 0) is 51.1 Å². The molecule has 0 radical (unpaired) electrons. The fourth-order valence-corrected chi connectivity index (χ4v) is 3.32. The van der Waals surface area contributed by atoms with E-state index in [1.807, 2.05) is 26.1 Å². The Bertz CT molecular complexity index is 666. The number of carbonyl (C=O) groups is 1. The van der Waals surface area contributed by atoms with Crippen LogP contribution in [0, 0.1) is 6.92 Å². The normalized spacial score (nSPS) is 19.6. The van der Waals surface area contributed by atoms with Crippen LogP contribution in [0.2, 0.25) is 0 Å². The van der Waals surface area contributed by atoms with Gasteiger partial charge in [0, 0.05) is 4.47 Å². The molecule has 106 valence electrons. The van der Waals surface area contributed by atoms with E-state index >= 15 is 0 Å². The van der Waals surface area contributed by atoms with Crippen molar-refractivity contribution in [2.75, 3.05) is 18.9 Å². The summed E-state index contributed by atoms with van der Waals surface area (Å²) in [5.74, 6) is 0.535. The van der Waals surface area contributed by atoms with Crippen molar-refractivity contribution in [2.45, 2.75) is 25.8 Å². The summed E-state index contributed by atoms with van der Waals surface area (Å²) < 4.78 is 1.000. The van der Waals surface area contributed by atoms with Gasteiger partial charge in [0.1, 0.15) is 0 Å². The molecular formula is C14H17BrN4O. The van der Waals surface area contributed by atoms with Crippen LogP contribution < -0.4 is 5.32 Å². The molecule has 0 aliphatic carbocycles. The number of likely N-dealkylation sites (tertiary alicyclic amines) is 1. The summed E-state index contributed by atoms with van der Waals surface area (Å²) in [5.41, 5.74) is 2.89. The van der Waals surface area contributed by atoms with Crippen molar-refractivity contribution >= 4 is 38.8 Å².